The zero-order valence-electron chi connectivity index (χ0n) is 10.1. The molecule has 3 N–H and O–H groups in total. The minimum absolute atomic E-state index is 0.312. The van der Waals surface area contributed by atoms with Gasteiger partial charge in [0.2, 0.25) is 0 Å². The van der Waals surface area contributed by atoms with E-state index in [-0.39, 0.29) is 0 Å². The number of anilines is 1. The molecular weight excluding hydrogens is 262 g/mol. The number of hydrogen-bond donors (Lipinski definition) is 2. The second-order valence-corrected chi connectivity index (χ2v) is 5.33. The van der Waals surface area contributed by atoms with Crippen LogP contribution in [-0.2, 0) is 0 Å². The van der Waals surface area contributed by atoms with E-state index in [1.54, 1.807) is 17.5 Å². The number of thiophene rings is 1. The van der Waals surface area contributed by atoms with Crippen molar-refractivity contribution in [3.05, 3.63) is 46.4 Å². The van der Waals surface area contributed by atoms with E-state index in [1.807, 2.05) is 12.1 Å². The Balaban J connectivity index is 2.17. The van der Waals surface area contributed by atoms with E-state index in [9.17, 15) is 0 Å². The number of nitrogens with two attached hydrogens (primary N) is 1. The highest BCUT2D eigenvalue weighted by Gasteiger charge is 2.10. The molecule has 2 rings (SSSR count). The van der Waals surface area contributed by atoms with Gasteiger partial charge >= 0.3 is 0 Å². The van der Waals surface area contributed by atoms with Gasteiger partial charge in [-0.15, -0.1) is 11.3 Å². The van der Waals surface area contributed by atoms with E-state index in [0.717, 1.165) is 12.1 Å². The van der Waals surface area contributed by atoms with Crippen LogP contribution in [0.3, 0.4) is 0 Å². The van der Waals surface area contributed by atoms with Crippen LogP contribution in [0.1, 0.15) is 30.0 Å². The standard InChI is InChI=1S/C13H15N3S2/c1-2-10(12-4-3-7-18-12)16-9-5-6-15-11(8-9)13(14)17/h3-8,10H,2H2,1H3,(H2,14,17)(H,15,16). The number of thiocarbonyl (C=S) groups is 1. The van der Waals surface area contributed by atoms with Gasteiger partial charge in [-0.25, -0.2) is 0 Å². The van der Waals surface area contributed by atoms with Gasteiger partial charge in [0.25, 0.3) is 0 Å². The highest BCUT2D eigenvalue weighted by atomic mass is 32.1. The first kappa shape index (κ1) is 13.0. The monoisotopic (exact) mass is 277 g/mol. The molecule has 1 atom stereocenters. The smallest absolute Gasteiger partial charge is 0.122 e. The van der Waals surface area contributed by atoms with Crippen LogP contribution in [0.15, 0.2) is 35.8 Å². The van der Waals surface area contributed by atoms with Crippen molar-refractivity contribution in [2.75, 3.05) is 5.32 Å². The molecule has 0 spiro atoms. The molecule has 0 saturated heterocycles. The van der Waals surface area contributed by atoms with Gasteiger partial charge in [-0.2, -0.15) is 0 Å². The summed E-state index contributed by atoms with van der Waals surface area (Å²) in [4.78, 5) is 5.78. The van der Waals surface area contributed by atoms with Crippen LogP contribution in [0.25, 0.3) is 0 Å². The van der Waals surface area contributed by atoms with Crippen molar-refractivity contribution < 1.29 is 0 Å². The molecule has 0 saturated carbocycles. The summed E-state index contributed by atoms with van der Waals surface area (Å²) in [6.45, 7) is 2.16. The molecule has 0 amide bonds. The van der Waals surface area contributed by atoms with E-state index >= 15 is 0 Å². The highest BCUT2D eigenvalue weighted by molar-refractivity contribution is 7.80. The van der Waals surface area contributed by atoms with Gasteiger partial charge in [-0.05, 0) is 30.0 Å². The molecular formula is C13H15N3S2. The lowest BCUT2D eigenvalue weighted by molar-refractivity contribution is 0.763. The number of pyridine rings is 1. The summed E-state index contributed by atoms with van der Waals surface area (Å²) < 4.78 is 0. The molecule has 0 aliphatic heterocycles. The van der Waals surface area contributed by atoms with Crippen molar-refractivity contribution >= 4 is 34.2 Å². The molecule has 3 nitrogen and oxygen atoms in total. The third-order valence-electron chi connectivity index (χ3n) is 2.65. The zero-order valence-corrected chi connectivity index (χ0v) is 11.7. The molecule has 5 heteroatoms. The largest absolute Gasteiger partial charge is 0.388 e. The minimum Gasteiger partial charge on any atom is -0.388 e. The number of rotatable bonds is 5. The number of nitrogens with one attached hydrogen (secondary N) is 1. The first-order valence-corrected chi connectivity index (χ1v) is 7.05. The van der Waals surface area contributed by atoms with Crippen molar-refractivity contribution in [2.24, 2.45) is 5.73 Å². The lowest BCUT2D eigenvalue weighted by Gasteiger charge is -2.17. The maximum absolute atomic E-state index is 5.58. The first-order chi connectivity index (χ1) is 8.70. The molecule has 2 aromatic rings. The number of aromatic nitrogens is 1. The molecule has 0 aliphatic carbocycles. The Morgan fingerprint density at radius 2 is 2.39 bits per heavy atom. The van der Waals surface area contributed by atoms with Crippen LogP contribution in [0, 0.1) is 0 Å². The lowest BCUT2D eigenvalue weighted by atomic mass is 10.1. The average molecular weight is 277 g/mol. The first-order valence-electron chi connectivity index (χ1n) is 5.76. The summed E-state index contributed by atoms with van der Waals surface area (Å²) in [6, 6.07) is 8.33. The van der Waals surface area contributed by atoms with Crippen LogP contribution < -0.4 is 11.1 Å². The minimum atomic E-state index is 0.312. The Morgan fingerprint density at radius 1 is 1.56 bits per heavy atom. The average Bonchev–Trinajstić information content (AvgIpc) is 2.90. The fourth-order valence-corrected chi connectivity index (χ4v) is 2.69. The second kappa shape index (κ2) is 5.93. The molecule has 0 radical (unpaired) electrons. The van der Waals surface area contributed by atoms with Crippen LogP contribution in [0.5, 0.6) is 0 Å². The quantitative estimate of drug-likeness (QED) is 0.823. The Morgan fingerprint density at radius 3 is 3.00 bits per heavy atom. The van der Waals surface area contributed by atoms with Crippen LogP contribution >= 0.6 is 23.6 Å². The highest BCUT2D eigenvalue weighted by Crippen LogP contribution is 2.26. The van der Waals surface area contributed by atoms with Gasteiger partial charge in [-0.1, -0.05) is 25.2 Å². The predicted molar refractivity (Wildman–Crippen MR) is 81.1 cm³/mol. The van der Waals surface area contributed by atoms with Crippen LogP contribution in [-0.4, -0.2) is 9.97 Å². The molecule has 18 heavy (non-hydrogen) atoms. The Kier molecular flexibility index (Phi) is 4.28. The summed E-state index contributed by atoms with van der Waals surface area (Å²) in [5, 5.41) is 5.57. The molecule has 0 fully saturated rings. The van der Waals surface area contributed by atoms with Gasteiger partial charge in [-0.3, -0.25) is 4.98 Å². The maximum atomic E-state index is 5.58. The Hall–Kier alpha value is -1.46. The predicted octanol–water partition coefficient (Wildman–Crippen LogP) is 3.34. The molecule has 2 heterocycles. The van der Waals surface area contributed by atoms with Crippen molar-refractivity contribution in [3.8, 4) is 0 Å². The molecule has 1 unspecified atom stereocenters. The fourth-order valence-electron chi connectivity index (χ4n) is 1.72. The zero-order chi connectivity index (χ0) is 13.0. The van der Waals surface area contributed by atoms with Crippen LogP contribution in [0.4, 0.5) is 5.69 Å². The van der Waals surface area contributed by atoms with Crippen LogP contribution in [0.2, 0.25) is 0 Å². The second-order valence-electron chi connectivity index (χ2n) is 3.91. The molecule has 0 bridgehead atoms. The molecule has 0 aliphatic rings. The molecule has 94 valence electrons. The SMILES string of the molecule is CCC(Nc1ccnc(C(N)=S)c1)c1cccs1. The molecule has 0 aromatic carbocycles. The van der Waals surface area contributed by atoms with E-state index in [4.69, 9.17) is 18.0 Å². The van der Waals surface area contributed by atoms with Gasteiger partial charge < -0.3 is 11.1 Å². The van der Waals surface area contributed by atoms with Crippen molar-refractivity contribution in [1.29, 1.82) is 0 Å². The third kappa shape index (κ3) is 3.05. The van der Waals surface area contributed by atoms with Crippen molar-refractivity contribution in [2.45, 2.75) is 19.4 Å². The third-order valence-corrected chi connectivity index (χ3v) is 3.84. The Bertz CT molecular complexity index is 523. The lowest BCUT2D eigenvalue weighted by Crippen LogP contribution is -2.13. The summed E-state index contributed by atoms with van der Waals surface area (Å²) in [5.41, 5.74) is 7.23. The van der Waals surface area contributed by atoms with Crippen molar-refractivity contribution in [1.82, 2.24) is 4.98 Å². The topological polar surface area (TPSA) is 50.9 Å². The number of nitrogens with zero attached hydrogens (tertiary/aromatic N) is 1. The summed E-state index contributed by atoms with van der Waals surface area (Å²) in [7, 11) is 0. The number of hydrogen-bond acceptors (Lipinski definition) is 4. The Labute approximate surface area is 116 Å². The van der Waals surface area contributed by atoms with E-state index in [0.29, 0.717) is 16.7 Å². The van der Waals surface area contributed by atoms with E-state index < -0.39 is 0 Å². The maximum Gasteiger partial charge on any atom is 0.122 e. The van der Waals surface area contributed by atoms with Gasteiger partial charge in [0.15, 0.2) is 0 Å². The van der Waals surface area contributed by atoms with Gasteiger partial charge in [0.05, 0.1) is 11.7 Å². The normalized spacial score (nSPS) is 12.1. The summed E-state index contributed by atoms with van der Waals surface area (Å²) in [5.74, 6) is 0. The van der Waals surface area contributed by atoms with E-state index in [2.05, 4.69) is 34.7 Å². The van der Waals surface area contributed by atoms with E-state index in [1.165, 1.54) is 4.88 Å². The summed E-state index contributed by atoms with van der Waals surface area (Å²) >= 11 is 6.69. The van der Waals surface area contributed by atoms with Gasteiger partial charge in [0.1, 0.15) is 4.99 Å². The van der Waals surface area contributed by atoms with Gasteiger partial charge in [0, 0.05) is 16.8 Å². The van der Waals surface area contributed by atoms with Crippen molar-refractivity contribution in [3.63, 3.8) is 0 Å². The molecule has 2 aromatic heterocycles. The summed E-state index contributed by atoms with van der Waals surface area (Å²) in [6.07, 6.45) is 2.74. The fraction of sp³-hybridized carbons (Fsp3) is 0.231.